The van der Waals surface area contributed by atoms with Gasteiger partial charge in [0, 0.05) is 0 Å². The highest BCUT2D eigenvalue weighted by Gasteiger charge is 2.27. The molecule has 18 heavy (non-hydrogen) atoms. The Bertz CT molecular complexity index is 272. The molecule has 0 aromatic carbocycles. The lowest BCUT2D eigenvalue weighted by Crippen LogP contribution is -2.31. The molecule has 4 heteroatoms. The van der Waals surface area contributed by atoms with Gasteiger partial charge in [0.1, 0.15) is 0 Å². The first-order valence-corrected chi connectivity index (χ1v) is 10.5. The van der Waals surface area contributed by atoms with Gasteiger partial charge in [-0.3, -0.25) is 4.99 Å². The van der Waals surface area contributed by atoms with Crippen molar-refractivity contribution in [3.05, 3.63) is 0 Å². The maximum atomic E-state index is 5.51. The molecule has 0 aromatic heterocycles. The summed E-state index contributed by atoms with van der Waals surface area (Å²) >= 11 is 0. The van der Waals surface area contributed by atoms with Crippen molar-refractivity contribution in [1.82, 2.24) is 0 Å². The molecule has 1 atom stereocenters. The van der Waals surface area contributed by atoms with Crippen molar-refractivity contribution < 1.29 is 9.47 Å². The van der Waals surface area contributed by atoms with Crippen molar-refractivity contribution in [2.24, 2.45) is 4.99 Å². The van der Waals surface area contributed by atoms with Gasteiger partial charge in [0.2, 0.25) is 0 Å². The van der Waals surface area contributed by atoms with Crippen LogP contribution in [0.3, 0.4) is 0 Å². The van der Waals surface area contributed by atoms with Gasteiger partial charge in [0.25, 0.3) is 0 Å². The predicted molar refractivity (Wildman–Crippen MR) is 80.3 cm³/mol. The summed E-state index contributed by atoms with van der Waals surface area (Å²) in [6, 6.07) is 0. The Morgan fingerprint density at radius 1 is 1.22 bits per heavy atom. The van der Waals surface area contributed by atoms with Gasteiger partial charge in [-0.2, -0.15) is 0 Å². The average Bonchev–Trinajstić information content (AvgIpc) is 2.66. The lowest BCUT2D eigenvalue weighted by Gasteiger charge is -2.27. The molecule has 1 rings (SSSR count). The van der Waals surface area contributed by atoms with E-state index in [1.165, 1.54) is 0 Å². The Morgan fingerprint density at radius 3 is 2.22 bits per heavy atom. The fourth-order valence-corrected chi connectivity index (χ4v) is 3.49. The van der Waals surface area contributed by atoms with Crippen LogP contribution < -0.4 is 0 Å². The predicted octanol–water partition coefficient (Wildman–Crippen LogP) is 3.72. The van der Waals surface area contributed by atoms with Crippen molar-refractivity contribution in [2.45, 2.75) is 70.6 Å². The van der Waals surface area contributed by atoms with Crippen LogP contribution in [0.25, 0.3) is 0 Å². The van der Waals surface area contributed by atoms with Crippen molar-refractivity contribution >= 4 is 14.3 Å². The van der Waals surface area contributed by atoms with E-state index < -0.39 is 8.07 Å². The van der Waals surface area contributed by atoms with E-state index in [2.05, 4.69) is 46.6 Å². The molecule has 1 aliphatic heterocycles. The summed E-state index contributed by atoms with van der Waals surface area (Å²) in [6.07, 6.45) is 4.33. The molecule has 0 bridgehead atoms. The van der Waals surface area contributed by atoms with Gasteiger partial charge in [-0.1, -0.05) is 19.6 Å². The van der Waals surface area contributed by atoms with Gasteiger partial charge in [-0.25, -0.2) is 0 Å². The molecule has 1 aliphatic rings. The highest BCUT2D eigenvalue weighted by molar-refractivity contribution is 6.79. The van der Waals surface area contributed by atoms with Crippen LogP contribution in [0.1, 0.15) is 33.6 Å². The first-order valence-electron chi connectivity index (χ1n) is 6.97. The van der Waals surface area contributed by atoms with E-state index in [1.807, 2.05) is 0 Å². The van der Waals surface area contributed by atoms with Crippen LogP contribution >= 0.6 is 0 Å². The van der Waals surface area contributed by atoms with Crippen molar-refractivity contribution in [1.29, 1.82) is 0 Å². The summed E-state index contributed by atoms with van der Waals surface area (Å²) < 4.78 is 11.0. The largest absolute Gasteiger partial charge is 0.350 e. The lowest BCUT2D eigenvalue weighted by atomic mass is 10.1. The molecule has 3 nitrogen and oxygen atoms in total. The van der Waals surface area contributed by atoms with Crippen LogP contribution in [0.4, 0.5) is 0 Å². The molecular formula is C14H29NO2Si. The molecule has 0 amide bonds. The first kappa shape index (κ1) is 15.9. The zero-order chi connectivity index (χ0) is 13.8. The SMILES string of the molecule is CC(C)(C)N=CC(CCC1OCCO1)[Si](C)(C)C. The smallest absolute Gasteiger partial charge is 0.157 e. The molecule has 1 unspecified atom stereocenters. The third kappa shape index (κ3) is 6.11. The Balaban J connectivity index is 2.53. The van der Waals surface area contributed by atoms with Crippen LogP contribution in [-0.4, -0.2) is 39.3 Å². The molecule has 1 fully saturated rings. The Labute approximate surface area is 113 Å². The van der Waals surface area contributed by atoms with Gasteiger partial charge < -0.3 is 9.47 Å². The summed E-state index contributed by atoms with van der Waals surface area (Å²) in [7, 11) is -1.22. The number of hydrogen-bond acceptors (Lipinski definition) is 3. The third-order valence-electron chi connectivity index (χ3n) is 3.16. The van der Waals surface area contributed by atoms with Crippen LogP contribution in [0, 0.1) is 0 Å². The van der Waals surface area contributed by atoms with E-state index in [1.54, 1.807) is 0 Å². The van der Waals surface area contributed by atoms with Crippen molar-refractivity contribution in [3.8, 4) is 0 Å². The van der Waals surface area contributed by atoms with Crippen LogP contribution in [-0.2, 0) is 9.47 Å². The fraction of sp³-hybridized carbons (Fsp3) is 0.929. The zero-order valence-electron chi connectivity index (χ0n) is 12.8. The van der Waals surface area contributed by atoms with Crippen LogP contribution in [0.15, 0.2) is 4.99 Å². The second-order valence-corrected chi connectivity index (χ2v) is 12.6. The summed E-state index contributed by atoms with van der Waals surface area (Å²) in [5.74, 6) is 0. The first-order chi connectivity index (χ1) is 8.18. The molecule has 0 radical (unpaired) electrons. The molecule has 106 valence electrons. The molecule has 0 saturated carbocycles. The van der Waals surface area contributed by atoms with E-state index in [0.29, 0.717) is 5.54 Å². The van der Waals surface area contributed by atoms with Gasteiger partial charge in [-0.15, -0.1) is 0 Å². The Hall–Kier alpha value is -0.193. The Morgan fingerprint density at radius 2 is 1.78 bits per heavy atom. The number of hydrogen-bond donors (Lipinski definition) is 0. The standard InChI is InChI=1S/C14H29NO2Si/c1-14(2,3)15-11-12(18(4,5)6)7-8-13-16-9-10-17-13/h11-13H,7-10H2,1-6H3. The number of ether oxygens (including phenoxy) is 2. The minimum atomic E-state index is -1.22. The van der Waals surface area contributed by atoms with Crippen molar-refractivity contribution in [2.75, 3.05) is 13.2 Å². The number of nitrogens with zero attached hydrogens (tertiary/aromatic N) is 1. The molecule has 0 aliphatic carbocycles. The fourth-order valence-electron chi connectivity index (χ4n) is 1.93. The summed E-state index contributed by atoms with van der Waals surface area (Å²) in [4.78, 5) is 4.70. The van der Waals surface area contributed by atoms with Gasteiger partial charge in [0.15, 0.2) is 6.29 Å². The maximum Gasteiger partial charge on any atom is 0.157 e. The minimum absolute atomic E-state index is 0.0203. The second kappa shape index (κ2) is 6.31. The molecule has 0 spiro atoms. The van der Waals surface area contributed by atoms with E-state index >= 15 is 0 Å². The van der Waals surface area contributed by atoms with Gasteiger partial charge in [-0.05, 0) is 45.4 Å². The van der Waals surface area contributed by atoms with Crippen LogP contribution in [0.5, 0.6) is 0 Å². The summed E-state index contributed by atoms with van der Waals surface area (Å²) in [5, 5.41) is 0. The zero-order valence-corrected chi connectivity index (χ0v) is 13.8. The quantitative estimate of drug-likeness (QED) is 0.563. The highest BCUT2D eigenvalue weighted by Crippen LogP contribution is 2.28. The average molecular weight is 271 g/mol. The minimum Gasteiger partial charge on any atom is -0.350 e. The Kier molecular flexibility index (Phi) is 5.56. The monoisotopic (exact) mass is 271 g/mol. The molecular weight excluding hydrogens is 242 g/mol. The van der Waals surface area contributed by atoms with E-state index in [0.717, 1.165) is 26.1 Å². The summed E-state index contributed by atoms with van der Waals surface area (Å²) in [5.41, 5.74) is 0.627. The second-order valence-electron chi connectivity index (χ2n) is 7.17. The topological polar surface area (TPSA) is 30.8 Å². The van der Waals surface area contributed by atoms with E-state index in [4.69, 9.17) is 14.5 Å². The number of rotatable bonds is 5. The van der Waals surface area contributed by atoms with Gasteiger partial charge >= 0.3 is 0 Å². The molecule has 1 heterocycles. The number of aliphatic imine (C=N–C) groups is 1. The van der Waals surface area contributed by atoms with Gasteiger partial charge in [0.05, 0.1) is 26.8 Å². The van der Waals surface area contributed by atoms with E-state index in [-0.39, 0.29) is 11.8 Å². The third-order valence-corrected chi connectivity index (χ3v) is 5.82. The molecule has 0 aromatic rings. The molecule has 1 saturated heterocycles. The maximum absolute atomic E-state index is 5.51. The van der Waals surface area contributed by atoms with Crippen LogP contribution in [0.2, 0.25) is 25.2 Å². The normalized spacial score (nSPS) is 20.8. The highest BCUT2D eigenvalue weighted by atomic mass is 28.3. The lowest BCUT2D eigenvalue weighted by molar-refractivity contribution is -0.0473. The summed E-state index contributed by atoms with van der Waals surface area (Å²) in [6.45, 7) is 15.2. The molecule has 0 N–H and O–H groups in total. The van der Waals surface area contributed by atoms with E-state index in [9.17, 15) is 0 Å². The van der Waals surface area contributed by atoms with Crippen molar-refractivity contribution in [3.63, 3.8) is 0 Å².